The lowest BCUT2D eigenvalue weighted by molar-refractivity contribution is 0.587. The van der Waals surface area contributed by atoms with Gasteiger partial charge in [-0.25, -0.2) is 0 Å². The monoisotopic (exact) mass is 1000 g/mol. The highest BCUT2D eigenvalue weighted by Crippen LogP contribution is 2.48. The topological polar surface area (TPSA) is 37.2 Å². The first-order chi connectivity index (χ1) is 37.9. The number of hydrogen-bond donors (Lipinski definition) is 0. The van der Waals surface area contributed by atoms with Crippen molar-refractivity contribution >= 4 is 79.0 Å². The van der Waals surface area contributed by atoms with Gasteiger partial charge >= 0.3 is 0 Å². The first-order valence-electron chi connectivity index (χ1n) is 27.2. The number of nitrogens with zero attached hydrogens (tertiary/aromatic N) is 5. The van der Waals surface area contributed by atoms with Gasteiger partial charge in [0.2, 0.25) is 0 Å². The number of anilines is 6. The van der Waals surface area contributed by atoms with Gasteiger partial charge in [-0.3, -0.25) is 9.97 Å². The average Bonchev–Trinajstić information content (AvgIpc) is 3.41. The van der Waals surface area contributed by atoms with Crippen molar-refractivity contribution in [1.29, 1.82) is 0 Å². The van der Waals surface area contributed by atoms with Crippen LogP contribution in [0.2, 0.25) is 0 Å². The Morgan fingerprint density at radius 3 is 1.13 bits per heavy atom. The summed E-state index contributed by atoms with van der Waals surface area (Å²) in [7, 11) is 0. The molecule has 0 fully saturated rings. The summed E-state index contributed by atoms with van der Waals surface area (Å²) >= 11 is 0. The van der Waals surface area contributed by atoms with Gasteiger partial charge in [-0.2, -0.15) is 0 Å². The van der Waals surface area contributed by atoms with E-state index in [2.05, 4.69) is 274 Å². The molecule has 0 saturated carbocycles. The van der Waals surface area contributed by atoms with E-state index in [1.807, 2.05) is 24.8 Å². The molecule has 78 heavy (non-hydrogen) atoms. The van der Waals surface area contributed by atoms with Gasteiger partial charge in [0.25, 0.3) is 6.71 Å². The SMILES string of the molecule is CC(C)(C)c1cncc(-c2ccc3c(c2)N(c2ccc(-c4ccccc4)cc2)c2cc(-n4c5ccccc5c5ccccc54)cc4c2B3c2ccc(-c3cncc(C(C)(C)C)c3)cc2N4c2ccc(-c3ccccc3)cc2)c1. The highest BCUT2D eigenvalue weighted by Gasteiger charge is 2.44. The number of aromatic nitrogens is 3. The highest BCUT2D eigenvalue weighted by atomic mass is 15.2. The largest absolute Gasteiger partial charge is 0.311 e. The Labute approximate surface area is 457 Å². The molecule has 0 bridgehead atoms. The van der Waals surface area contributed by atoms with Crippen LogP contribution in [0, 0.1) is 0 Å². The Morgan fingerprint density at radius 1 is 0.321 bits per heavy atom. The summed E-state index contributed by atoms with van der Waals surface area (Å²) in [6, 6.07) is 81.3. The van der Waals surface area contributed by atoms with Gasteiger partial charge in [0, 0.05) is 80.8 Å². The quantitative estimate of drug-likeness (QED) is 0.149. The molecule has 0 spiro atoms. The Morgan fingerprint density at radius 2 is 0.705 bits per heavy atom. The van der Waals surface area contributed by atoms with Crippen LogP contribution in [0.5, 0.6) is 0 Å². The van der Waals surface area contributed by atoms with Gasteiger partial charge < -0.3 is 14.4 Å². The molecule has 3 aromatic heterocycles. The maximum absolute atomic E-state index is 4.85. The second kappa shape index (κ2) is 18.2. The smallest absolute Gasteiger partial charge is 0.252 e. The lowest BCUT2D eigenvalue weighted by atomic mass is 9.33. The van der Waals surface area contributed by atoms with Crippen molar-refractivity contribution in [2.45, 2.75) is 52.4 Å². The number of para-hydroxylation sites is 2. The molecule has 2 aliphatic heterocycles. The summed E-state index contributed by atoms with van der Waals surface area (Å²) in [5.41, 5.74) is 25.3. The van der Waals surface area contributed by atoms with Crippen LogP contribution in [-0.4, -0.2) is 21.2 Å². The minimum Gasteiger partial charge on any atom is -0.311 e. The predicted molar refractivity (Wildman–Crippen MR) is 330 cm³/mol. The van der Waals surface area contributed by atoms with Crippen LogP contribution < -0.4 is 26.2 Å². The second-order valence-corrected chi connectivity index (χ2v) is 23.2. The lowest BCUT2D eigenvalue weighted by Crippen LogP contribution is -2.61. The molecule has 5 heterocycles. The molecule has 0 unspecified atom stereocenters. The zero-order valence-corrected chi connectivity index (χ0v) is 44.9. The van der Waals surface area contributed by atoms with Gasteiger partial charge in [-0.1, -0.05) is 187 Å². The molecule has 374 valence electrons. The van der Waals surface area contributed by atoms with Gasteiger partial charge in [-0.15, -0.1) is 0 Å². The van der Waals surface area contributed by atoms with E-state index < -0.39 is 0 Å². The molecule has 0 radical (unpaired) electrons. The summed E-state index contributed by atoms with van der Waals surface area (Å²) < 4.78 is 2.48. The van der Waals surface area contributed by atoms with Crippen molar-refractivity contribution in [2.24, 2.45) is 0 Å². The Hall–Kier alpha value is -9.26. The van der Waals surface area contributed by atoms with Crippen molar-refractivity contribution in [3.05, 3.63) is 254 Å². The first kappa shape index (κ1) is 47.2. The molecule has 14 rings (SSSR count). The van der Waals surface area contributed by atoms with E-state index in [9.17, 15) is 0 Å². The minimum absolute atomic E-state index is 0.0647. The molecule has 0 amide bonds. The van der Waals surface area contributed by atoms with Crippen molar-refractivity contribution in [1.82, 2.24) is 14.5 Å². The fraction of sp³-hybridized carbons (Fsp3) is 0.111. The van der Waals surface area contributed by atoms with Crippen LogP contribution in [0.25, 0.3) is 72.0 Å². The molecule has 5 nitrogen and oxygen atoms in total. The third-order valence-corrected chi connectivity index (χ3v) is 16.2. The zero-order chi connectivity index (χ0) is 52.9. The normalized spacial score (nSPS) is 12.9. The zero-order valence-electron chi connectivity index (χ0n) is 44.9. The molecule has 2 aliphatic rings. The number of fused-ring (bicyclic) bond motifs is 7. The number of hydrogen-bond acceptors (Lipinski definition) is 4. The fourth-order valence-electron chi connectivity index (χ4n) is 12.1. The summed E-state index contributed by atoms with van der Waals surface area (Å²) in [5, 5.41) is 2.45. The standard InChI is InChI=1S/C72H58BN5/c1-71(2,3)55-37-53(43-74-45-55)51-29-35-62-66(39-51)76(57-31-25-49(26-32-57)47-17-9-7-10-18-47)68-41-59(78-64-23-15-13-21-60(64)61-22-14-16-24-65(61)78)42-69-70(68)73(62)63-36-30-52(54-38-56(46-75-44-54)72(4,5)6)40-67(63)77(69)58-33-27-50(28-34-58)48-19-11-8-12-20-48/h7-46H,1-6H3. The molecule has 0 N–H and O–H groups in total. The van der Waals surface area contributed by atoms with Crippen molar-refractivity contribution in [2.75, 3.05) is 9.80 Å². The fourth-order valence-corrected chi connectivity index (χ4v) is 12.1. The first-order valence-corrected chi connectivity index (χ1v) is 27.2. The minimum atomic E-state index is -0.118. The van der Waals surface area contributed by atoms with E-state index in [1.54, 1.807) is 0 Å². The number of pyridine rings is 2. The van der Waals surface area contributed by atoms with E-state index in [0.717, 1.165) is 73.1 Å². The van der Waals surface area contributed by atoms with Crippen LogP contribution in [0.1, 0.15) is 52.7 Å². The van der Waals surface area contributed by atoms with Gasteiger partial charge in [0.15, 0.2) is 0 Å². The molecule has 6 heteroatoms. The molecular formula is C72H58BN5. The highest BCUT2D eigenvalue weighted by molar-refractivity contribution is 7.00. The average molecular weight is 1000 g/mol. The molecular weight excluding hydrogens is 946 g/mol. The predicted octanol–water partition coefficient (Wildman–Crippen LogP) is 16.9. The molecule has 0 atom stereocenters. The van der Waals surface area contributed by atoms with Gasteiger partial charge in [0.05, 0.1) is 16.7 Å². The van der Waals surface area contributed by atoms with Crippen LogP contribution in [0.15, 0.2) is 243 Å². The van der Waals surface area contributed by atoms with Gasteiger partial charge in [0.1, 0.15) is 0 Å². The Kier molecular flexibility index (Phi) is 11.0. The lowest BCUT2D eigenvalue weighted by Gasteiger charge is -2.44. The van der Waals surface area contributed by atoms with Crippen LogP contribution in [0.3, 0.4) is 0 Å². The molecule has 9 aromatic carbocycles. The molecule has 0 aliphatic carbocycles. The summed E-state index contributed by atoms with van der Waals surface area (Å²) in [6.07, 6.45) is 8.07. The molecule has 0 saturated heterocycles. The second-order valence-electron chi connectivity index (χ2n) is 23.2. The van der Waals surface area contributed by atoms with E-state index >= 15 is 0 Å². The third-order valence-electron chi connectivity index (χ3n) is 16.2. The van der Waals surface area contributed by atoms with Crippen LogP contribution in [0.4, 0.5) is 34.1 Å². The number of rotatable bonds is 7. The third kappa shape index (κ3) is 7.93. The maximum Gasteiger partial charge on any atom is 0.252 e. The van der Waals surface area contributed by atoms with Crippen molar-refractivity contribution < 1.29 is 0 Å². The summed E-state index contributed by atoms with van der Waals surface area (Å²) in [6.45, 7) is 13.4. The van der Waals surface area contributed by atoms with Crippen LogP contribution >= 0.6 is 0 Å². The summed E-state index contributed by atoms with van der Waals surface area (Å²) in [4.78, 5) is 14.8. The van der Waals surface area contributed by atoms with Crippen LogP contribution in [-0.2, 0) is 10.8 Å². The van der Waals surface area contributed by atoms with E-state index in [0.29, 0.717) is 0 Å². The van der Waals surface area contributed by atoms with E-state index in [1.165, 1.54) is 60.5 Å². The van der Waals surface area contributed by atoms with Crippen molar-refractivity contribution in [3.63, 3.8) is 0 Å². The maximum atomic E-state index is 4.85. The van der Waals surface area contributed by atoms with E-state index in [-0.39, 0.29) is 17.5 Å². The number of benzene rings is 9. The Balaban J connectivity index is 1.09. The van der Waals surface area contributed by atoms with Gasteiger partial charge in [-0.05, 0) is 145 Å². The Bertz CT molecular complexity index is 4010. The van der Waals surface area contributed by atoms with E-state index in [4.69, 9.17) is 9.97 Å². The molecule has 12 aromatic rings. The summed E-state index contributed by atoms with van der Waals surface area (Å²) in [5.74, 6) is 0. The van der Waals surface area contributed by atoms with Crippen molar-refractivity contribution in [3.8, 4) is 50.2 Å².